The summed E-state index contributed by atoms with van der Waals surface area (Å²) in [6.45, 7) is -0.0329. The van der Waals surface area contributed by atoms with Crippen molar-refractivity contribution < 1.29 is 9.53 Å². The number of carbonyl (C=O) groups is 1. The van der Waals surface area contributed by atoms with Crippen LogP contribution in [0.5, 0.6) is 5.75 Å². The number of rotatable bonds is 3. The summed E-state index contributed by atoms with van der Waals surface area (Å²) in [6, 6.07) is 5.30. The Labute approximate surface area is 90.6 Å². The summed E-state index contributed by atoms with van der Waals surface area (Å²) in [5.41, 5.74) is 5.83. The van der Waals surface area contributed by atoms with E-state index >= 15 is 0 Å². The highest BCUT2D eigenvalue weighted by molar-refractivity contribution is 9.10. The third-order valence-corrected chi connectivity index (χ3v) is 2.03. The molecule has 0 aliphatic carbocycles. The van der Waals surface area contributed by atoms with Gasteiger partial charge in [0, 0.05) is 16.2 Å². The van der Waals surface area contributed by atoms with Gasteiger partial charge >= 0.3 is 0 Å². The van der Waals surface area contributed by atoms with Gasteiger partial charge in [-0.2, -0.15) is 0 Å². The highest BCUT2D eigenvalue weighted by Crippen LogP contribution is 2.24. The molecule has 1 amide bonds. The zero-order valence-corrected chi connectivity index (χ0v) is 9.30. The number of ether oxygens (including phenoxy) is 1. The van der Waals surface area contributed by atoms with Crippen molar-refractivity contribution in [2.75, 3.05) is 19.0 Å². The highest BCUT2D eigenvalue weighted by atomic mass is 79.9. The van der Waals surface area contributed by atoms with Crippen LogP contribution < -0.4 is 15.8 Å². The summed E-state index contributed by atoms with van der Waals surface area (Å²) in [6.07, 6.45) is 0. The van der Waals surface area contributed by atoms with Crippen LogP contribution in [0.4, 0.5) is 5.69 Å². The van der Waals surface area contributed by atoms with Crippen molar-refractivity contribution in [2.45, 2.75) is 0 Å². The van der Waals surface area contributed by atoms with Gasteiger partial charge < -0.3 is 15.8 Å². The normalized spacial score (nSPS) is 9.64. The molecule has 0 bridgehead atoms. The third-order valence-electron chi connectivity index (χ3n) is 1.58. The van der Waals surface area contributed by atoms with E-state index in [-0.39, 0.29) is 12.5 Å². The molecule has 0 aliphatic rings. The van der Waals surface area contributed by atoms with E-state index in [4.69, 9.17) is 10.5 Å². The molecular weight excluding hydrogens is 248 g/mol. The van der Waals surface area contributed by atoms with Crippen molar-refractivity contribution in [3.63, 3.8) is 0 Å². The summed E-state index contributed by atoms with van der Waals surface area (Å²) in [5, 5.41) is 2.63. The lowest BCUT2D eigenvalue weighted by Gasteiger charge is -2.06. The number of nitrogens with two attached hydrogens (primary N) is 1. The van der Waals surface area contributed by atoms with E-state index in [9.17, 15) is 4.79 Å². The Morgan fingerprint density at radius 1 is 1.57 bits per heavy atom. The van der Waals surface area contributed by atoms with Crippen molar-refractivity contribution in [2.24, 2.45) is 5.73 Å². The van der Waals surface area contributed by atoms with Crippen LogP contribution in [0.3, 0.4) is 0 Å². The molecule has 0 spiro atoms. The molecule has 4 nitrogen and oxygen atoms in total. The van der Waals surface area contributed by atoms with Crippen LogP contribution in [0, 0.1) is 0 Å². The standard InChI is InChI=1S/C9H11BrN2O2/c1-14-8-3-6(10)2-7(4-8)12-9(13)5-11/h2-4H,5,11H2,1H3,(H,12,13). The number of carbonyl (C=O) groups excluding carboxylic acids is 1. The average molecular weight is 259 g/mol. The number of benzene rings is 1. The maximum atomic E-state index is 11.0. The van der Waals surface area contributed by atoms with Gasteiger partial charge in [-0.3, -0.25) is 4.79 Å². The molecule has 0 saturated carbocycles. The summed E-state index contributed by atoms with van der Waals surface area (Å²) < 4.78 is 5.88. The predicted molar refractivity (Wildman–Crippen MR) is 58.4 cm³/mol. The Morgan fingerprint density at radius 3 is 2.86 bits per heavy atom. The molecule has 5 heteroatoms. The molecule has 3 N–H and O–H groups in total. The summed E-state index contributed by atoms with van der Waals surface area (Å²) in [7, 11) is 1.57. The van der Waals surface area contributed by atoms with Crippen molar-refractivity contribution in [3.05, 3.63) is 22.7 Å². The maximum Gasteiger partial charge on any atom is 0.238 e. The van der Waals surface area contributed by atoms with Crippen molar-refractivity contribution in [1.29, 1.82) is 0 Å². The Balaban J connectivity index is 2.86. The average Bonchev–Trinajstić information content (AvgIpc) is 2.16. The number of halogens is 1. The Kier molecular flexibility index (Phi) is 3.91. The number of nitrogens with one attached hydrogen (secondary N) is 1. The zero-order chi connectivity index (χ0) is 10.6. The summed E-state index contributed by atoms with van der Waals surface area (Å²) in [4.78, 5) is 11.0. The quantitative estimate of drug-likeness (QED) is 0.861. The van der Waals surface area contributed by atoms with Gasteiger partial charge in [-0.25, -0.2) is 0 Å². The Morgan fingerprint density at radius 2 is 2.29 bits per heavy atom. The highest BCUT2D eigenvalue weighted by Gasteiger charge is 2.02. The van der Waals surface area contributed by atoms with Gasteiger partial charge in [0.25, 0.3) is 0 Å². The molecule has 1 rings (SSSR count). The van der Waals surface area contributed by atoms with Crippen LogP contribution in [0.1, 0.15) is 0 Å². The fourth-order valence-corrected chi connectivity index (χ4v) is 1.44. The number of methoxy groups -OCH3 is 1. The van der Waals surface area contributed by atoms with E-state index in [2.05, 4.69) is 21.2 Å². The Hall–Kier alpha value is -1.07. The molecule has 76 valence electrons. The van der Waals surface area contributed by atoms with Gasteiger partial charge in [0.1, 0.15) is 5.75 Å². The lowest BCUT2D eigenvalue weighted by molar-refractivity contribution is -0.114. The van der Waals surface area contributed by atoms with Crippen molar-refractivity contribution in [3.8, 4) is 5.75 Å². The molecule has 14 heavy (non-hydrogen) atoms. The van der Waals surface area contributed by atoms with E-state index in [1.54, 1.807) is 25.3 Å². The van der Waals surface area contributed by atoms with Crippen LogP contribution >= 0.6 is 15.9 Å². The van der Waals surface area contributed by atoms with Gasteiger partial charge in [0.2, 0.25) is 5.91 Å². The zero-order valence-electron chi connectivity index (χ0n) is 7.71. The lowest BCUT2D eigenvalue weighted by Crippen LogP contribution is -2.21. The van der Waals surface area contributed by atoms with Crippen LogP contribution in [0.15, 0.2) is 22.7 Å². The first-order chi connectivity index (χ1) is 6.65. The lowest BCUT2D eigenvalue weighted by atomic mass is 10.3. The molecule has 0 unspecified atom stereocenters. The molecule has 1 aromatic carbocycles. The van der Waals surface area contributed by atoms with Gasteiger partial charge in [-0.15, -0.1) is 0 Å². The molecule has 0 saturated heterocycles. The molecule has 0 aliphatic heterocycles. The molecular formula is C9H11BrN2O2. The van der Waals surface area contributed by atoms with Gasteiger partial charge in [-0.05, 0) is 12.1 Å². The second kappa shape index (κ2) is 4.97. The monoisotopic (exact) mass is 258 g/mol. The SMILES string of the molecule is COc1cc(Br)cc(NC(=O)CN)c1. The smallest absolute Gasteiger partial charge is 0.238 e. The van der Waals surface area contributed by atoms with Crippen molar-refractivity contribution in [1.82, 2.24) is 0 Å². The Bertz CT molecular complexity index is 342. The first-order valence-electron chi connectivity index (χ1n) is 4.00. The minimum absolute atomic E-state index is 0.0329. The minimum atomic E-state index is -0.231. The molecule has 0 fully saturated rings. The number of hydrogen-bond donors (Lipinski definition) is 2. The first-order valence-corrected chi connectivity index (χ1v) is 4.79. The maximum absolute atomic E-state index is 11.0. The second-order valence-corrected chi connectivity index (χ2v) is 3.55. The van der Waals surface area contributed by atoms with Crippen molar-refractivity contribution >= 4 is 27.5 Å². The van der Waals surface area contributed by atoms with Crippen LogP contribution in [0.25, 0.3) is 0 Å². The first kappa shape index (κ1) is 11.0. The van der Waals surface area contributed by atoms with E-state index in [0.29, 0.717) is 11.4 Å². The number of hydrogen-bond acceptors (Lipinski definition) is 3. The largest absolute Gasteiger partial charge is 0.497 e. The number of amides is 1. The third kappa shape index (κ3) is 3.01. The fraction of sp³-hybridized carbons (Fsp3) is 0.222. The van der Waals surface area contributed by atoms with Gasteiger partial charge in [-0.1, -0.05) is 15.9 Å². The van der Waals surface area contributed by atoms with E-state index in [1.165, 1.54) is 0 Å². The molecule has 0 radical (unpaired) electrons. The van der Waals surface area contributed by atoms with Gasteiger partial charge in [0.15, 0.2) is 0 Å². The van der Waals surface area contributed by atoms with Crippen LogP contribution in [-0.4, -0.2) is 19.6 Å². The van der Waals surface area contributed by atoms with E-state index in [0.717, 1.165) is 4.47 Å². The van der Waals surface area contributed by atoms with E-state index < -0.39 is 0 Å². The minimum Gasteiger partial charge on any atom is -0.497 e. The number of anilines is 1. The molecule has 0 aromatic heterocycles. The summed E-state index contributed by atoms with van der Waals surface area (Å²) >= 11 is 3.30. The topological polar surface area (TPSA) is 64.3 Å². The van der Waals surface area contributed by atoms with Crippen LogP contribution in [0.2, 0.25) is 0 Å². The summed E-state index contributed by atoms with van der Waals surface area (Å²) in [5.74, 6) is 0.442. The predicted octanol–water partition coefficient (Wildman–Crippen LogP) is 1.35. The van der Waals surface area contributed by atoms with E-state index in [1.807, 2.05) is 0 Å². The fourth-order valence-electron chi connectivity index (χ4n) is 0.965. The molecule has 0 heterocycles. The van der Waals surface area contributed by atoms with Gasteiger partial charge in [0.05, 0.1) is 13.7 Å². The molecule has 1 aromatic rings. The molecule has 0 atom stereocenters. The van der Waals surface area contributed by atoms with Crippen LogP contribution in [-0.2, 0) is 4.79 Å². The second-order valence-electron chi connectivity index (χ2n) is 2.63.